The number of nitrogens with one attached hydrogen (secondary N) is 1. The molecule has 188 valence electrons. The predicted molar refractivity (Wildman–Crippen MR) is 144 cm³/mol. The minimum Gasteiger partial charge on any atom is -0.453 e. The lowest BCUT2D eigenvalue weighted by Crippen LogP contribution is -2.38. The molecule has 1 N–H and O–H groups in total. The van der Waals surface area contributed by atoms with Gasteiger partial charge in [-0.25, -0.2) is 4.79 Å². The number of hydrogen-bond acceptors (Lipinski definition) is 5. The highest BCUT2D eigenvalue weighted by atomic mass is 16.5. The van der Waals surface area contributed by atoms with Crippen molar-refractivity contribution in [2.75, 3.05) is 5.32 Å². The molecule has 1 aliphatic rings. The number of hydrogen-bond donors (Lipinski definition) is 1. The number of anilines is 1. The minimum absolute atomic E-state index is 0.261. The lowest BCUT2D eigenvalue weighted by atomic mass is 9.82. The van der Waals surface area contributed by atoms with Crippen LogP contribution in [-0.2, 0) is 14.3 Å². The molecule has 0 bridgehead atoms. The monoisotopic (exact) mass is 503 g/mol. The van der Waals surface area contributed by atoms with E-state index in [9.17, 15) is 19.2 Å². The van der Waals surface area contributed by atoms with Gasteiger partial charge < -0.3 is 10.1 Å². The van der Waals surface area contributed by atoms with Crippen LogP contribution in [0.4, 0.5) is 5.69 Å². The molecule has 6 nitrogen and oxygen atoms in total. The summed E-state index contributed by atoms with van der Waals surface area (Å²) in [5.74, 6) is -4.73. The summed E-state index contributed by atoms with van der Waals surface area (Å²) in [6.45, 7) is 3.64. The molecule has 1 aliphatic heterocycles. The van der Waals surface area contributed by atoms with Crippen LogP contribution in [0.2, 0.25) is 0 Å². The molecule has 4 aromatic rings. The molecular formula is C32H25NO5. The number of amides is 1. The van der Waals surface area contributed by atoms with E-state index in [0.717, 1.165) is 16.7 Å². The summed E-state index contributed by atoms with van der Waals surface area (Å²) in [5, 5.41) is 2.69. The van der Waals surface area contributed by atoms with Crippen molar-refractivity contribution in [1.29, 1.82) is 0 Å². The summed E-state index contributed by atoms with van der Waals surface area (Å²) in [4.78, 5) is 54.0. The van der Waals surface area contributed by atoms with Gasteiger partial charge in [-0.3, -0.25) is 14.4 Å². The van der Waals surface area contributed by atoms with Crippen LogP contribution in [0.5, 0.6) is 0 Å². The number of cyclic esters (lactones) is 1. The van der Waals surface area contributed by atoms with Gasteiger partial charge in [0.05, 0.1) is 5.56 Å². The second-order valence-corrected chi connectivity index (χ2v) is 9.25. The fraction of sp³-hybridized carbons (Fsp3) is 0.125. The number of ketones is 2. The Kier molecular flexibility index (Phi) is 6.71. The number of esters is 1. The summed E-state index contributed by atoms with van der Waals surface area (Å²) < 4.78 is 5.59. The van der Waals surface area contributed by atoms with Gasteiger partial charge in [-0.15, -0.1) is 0 Å². The van der Waals surface area contributed by atoms with Gasteiger partial charge in [0.1, 0.15) is 12.0 Å². The van der Waals surface area contributed by atoms with Crippen LogP contribution >= 0.6 is 0 Å². The normalized spacial score (nSPS) is 14.8. The molecule has 1 heterocycles. The molecule has 6 heteroatoms. The SMILES string of the molecule is Cc1cccc(C)c1NC(=O)C(=O)[C@@H](C(=O)c1ccccc1-c1ccccc1)[C@H]1OC(=O)c2ccccc21. The van der Waals surface area contributed by atoms with Gasteiger partial charge in [0.25, 0.3) is 5.91 Å². The van der Waals surface area contributed by atoms with E-state index in [-0.39, 0.29) is 11.1 Å². The summed E-state index contributed by atoms with van der Waals surface area (Å²) in [6.07, 6.45) is -1.23. The van der Waals surface area contributed by atoms with Gasteiger partial charge >= 0.3 is 5.97 Å². The molecule has 0 fully saturated rings. The summed E-state index contributed by atoms with van der Waals surface area (Å²) in [7, 11) is 0. The average molecular weight is 504 g/mol. The Hall–Kier alpha value is -4.84. The van der Waals surface area contributed by atoms with Crippen molar-refractivity contribution in [3.63, 3.8) is 0 Å². The molecule has 38 heavy (non-hydrogen) atoms. The number of benzene rings is 4. The van der Waals surface area contributed by atoms with Crippen molar-refractivity contribution in [3.05, 3.63) is 125 Å². The maximum atomic E-state index is 14.2. The average Bonchev–Trinajstić information content (AvgIpc) is 3.27. The molecule has 5 rings (SSSR count). The van der Waals surface area contributed by atoms with Crippen molar-refractivity contribution in [2.45, 2.75) is 20.0 Å². The van der Waals surface area contributed by atoms with E-state index < -0.39 is 35.5 Å². The number of aryl methyl sites for hydroxylation is 2. The molecule has 0 spiro atoms. The molecule has 0 aromatic heterocycles. The van der Waals surface area contributed by atoms with Gasteiger partial charge in [-0.05, 0) is 42.2 Å². The molecule has 0 saturated carbocycles. The number of carbonyl (C=O) groups excluding carboxylic acids is 4. The van der Waals surface area contributed by atoms with Crippen LogP contribution in [0.1, 0.15) is 43.5 Å². The lowest BCUT2D eigenvalue weighted by molar-refractivity contribution is -0.138. The van der Waals surface area contributed by atoms with Gasteiger partial charge in [-0.2, -0.15) is 0 Å². The second kappa shape index (κ2) is 10.3. The molecule has 1 amide bonds. The molecule has 0 radical (unpaired) electrons. The molecular weight excluding hydrogens is 478 g/mol. The van der Waals surface area contributed by atoms with E-state index in [1.807, 2.05) is 62.4 Å². The van der Waals surface area contributed by atoms with Crippen molar-refractivity contribution in [3.8, 4) is 11.1 Å². The Morgan fingerprint density at radius 3 is 2.05 bits per heavy atom. The number of ether oxygens (including phenoxy) is 1. The van der Waals surface area contributed by atoms with Gasteiger partial charge in [-0.1, -0.05) is 91.0 Å². The van der Waals surface area contributed by atoms with E-state index in [1.165, 1.54) is 0 Å². The van der Waals surface area contributed by atoms with E-state index in [2.05, 4.69) is 5.32 Å². The highest BCUT2D eigenvalue weighted by molar-refractivity contribution is 6.45. The minimum atomic E-state index is -1.57. The van der Waals surface area contributed by atoms with Gasteiger partial charge in [0, 0.05) is 16.8 Å². The highest BCUT2D eigenvalue weighted by Crippen LogP contribution is 2.39. The Morgan fingerprint density at radius 2 is 1.34 bits per heavy atom. The Balaban J connectivity index is 1.59. The van der Waals surface area contributed by atoms with E-state index in [4.69, 9.17) is 4.74 Å². The fourth-order valence-corrected chi connectivity index (χ4v) is 4.88. The predicted octanol–water partition coefficient (Wildman–Crippen LogP) is 5.89. The lowest BCUT2D eigenvalue weighted by Gasteiger charge is -2.22. The smallest absolute Gasteiger partial charge is 0.339 e. The van der Waals surface area contributed by atoms with E-state index in [1.54, 1.807) is 48.5 Å². The molecule has 4 aromatic carbocycles. The third kappa shape index (κ3) is 4.52. The van der Waals surface area contributed by atoms with Crippen molar-refractivity contribution >= 4 is 29.1 Å². The first kappa shape index (κ1) is 24.8. The van der Waals surface area contributed by atoms with Crippen LogP contribution in [0.3, 0.4) is 0 Å². The number of rotatable bonds is 7. The Morgan fingerprint density at radius 1 is 0.737 bits per heavy atom. The standard InChI is InChI=1S/C32H25NO5/c1-19-11-10-12-20(2)27(19)33-31(36)29(35)26(30-24-17-8-9-18-25(24)32(37)38-30)28(34)23-16-7-6-15-22(23)21-13-4-3-5-14-21/h3-18,26,30H,1-2H3,(H,33,36)/t26-,30+/m1/s1. The zero-order valence-electron chi connectivity index (χ0n) is 20.9. The summed E-state index contributed by atoms with van der Waals surface area (Å²) >= 11 is 0. The molecule has 0 unspecified atom stereocenters. The zero-order chi connectivity index (χ0) is 26.8. The first-order chi connectivity index (χ1) is 18.4. The van der Waals surface area contributed by atoms with Crippen molar-refractivity contribution in [2.24, 2.45) is 5.92 Å². The van der Waals surface area contributed by atoms with E-state index in [0.29, 0.717) is 16.8 Å². The van der Waals surface area contributed by atoms with Crippen LogP contribution < -0.4 is 5.32 Å². The maximum Gasteiger partial charge on any atom is 0.339 e. The topological polar surface area (TPSA) is 89.5 Å². The number of para-hydroxylation sites is 1. The van der Waals surface area contributed by atoms with Crippen LogP contribution in [0, 0.1) is 19.8 Å². The maximum absolute atomic E-state index is 14.2. The van der Waals surface area contributed by atoms with E-state index >= 15 is 0 Å². The molecule has 2 atom stereocenters. The van der Waals surface area contributed by atoms with Crippen LogP contribution in [0.15, 0.2) is 97.1 Å². The Labute approximate surface area is 220 Å². The van der Waals surface area contributed by atoms with Crippen LogP contribution in [-0.4, -0.2) is 23.4 Å². The largest absolute Gasteiger partial charge is 0.453 e. The highest BCUT2D eigenvalue weighted by Gasteiger charge is 2.46. The number of Topliss-reactive ketones (excluding diaryl/α,β-unsaturated/α-hetero) is 2. The third-order valence-corrected chi connectivity index (χ3v) is 6.81. The summed E-state index contributed by atoms with van der Waals surface area (Å²) in [6, 6.07) is 28.3. The first-order valence-electron chi connectivity index (χ1n) is 12.3. The number of carbonyl (C=O) groups is 4. The fourth-order valence-electron chi connectivity index (χ4n) is 4.88. The quantitative estimate of drug-likeness (QED) is 0.147. The zero-order valence-corrected chi connectivity index (χ0v) is 20.9. The third-order valence-electron chi connectivity index (χ3n) is 6.81. The van der Waals surface area contributed by atoms with Crippen molar-refractivity contribution < 1.29 is 23.9 Å². The second-order valence-electron chi connectivity index (χ2n) is 9.25. The van der Waals surface area contributed by atoms with Gasteiger partial charge in [0.2, 0.25) is 5.78 Å². The molecule has 0 saturated heterocycles. The van der Waals surface area contributed by atoms with Crippen molar-refractivity contribution in [1.82, 2.24) is 0 Å². The van der Waals surface area contributed by atoms with Crippen LogP contribution in [0.25, 0.3) is 11.1 Å². The first-order valence-corrected chi connectivity index (χ1v) is 12.3. The number of fused-ring (bicyclic) bond motifs is 1. The summed E-state index contributed by atoms with van der Waals surface area (Å²) in [5.41, 5.74) is 4.40. The molecule has 0 aliphatic carbocycles. The Bertz CT molecular complexity index is 1550. The van der Waals surface area contributed by atoms with Gasteiger partial charge in [0.15, 0.2) is 5.78 Å².